The van der Waals surface area contributed by atoms with E-state index in [2.05, 4.69) is 6.92 Å². The zero-order chi connectivity index (χ0) is 15.6. The molecule has 0 saturated carbocycles. The molecule has 0 aromatic rings. The largest absolute Gasteiger partial charge is 0.381 e. The Morgan fingerprint density at radius 1 is 0.714 bits per heavy atom. The second-order valence-electron chi connectivity index (χ2n) is 6.07. The first-order chi connectivity index (χ1) is 10.3. The van der Waals surface area contributed by atoms with Gasteiger partial charge >= 0.3 is 0 Å². The summed E-state index contributed by atoms with van der Waals surface area (Å²) in [7, 11) is 0. The van der Waals surface area contributed by atoms with Crippen molar-refractivity contribution in [3.8, 4) is 0 Å². The summed E-state index contributed by atoms with van der Waals surface area (Å²) < 4.78 is 5.63. The van der Waals surface area contributed by atoms with Gasteiger partial charge in [-0.25, -0.2) is 0 Å². The molecule has 0 aromatic heterocycles. The van der Waals surface area contributed by atoms with Gasteiger partial charge in [0.15, 0.2) is 0 Å². The number of carbonyl (C=O) groups excluding carboxylic acids is 1. The van der Waals surface area contributed by atoms with Crippen molar-refractivity contribution in [3.63, 3.8) is 0 Å². The van der Waals surface area contributed by atoms with Crippen LogP contribution in [0, 0.1) is 0 Å². The molecule has 0 saturated heterocycles. The SMILES string of the molecule is CCCCCCOCCCCCCCCCCCC(N)=O. The number of primary amides is 1. The van der Waals surface area contributed by atoms with Crippen LogP contribution in [0.4, 0.5) is 0 Å². The molecule has 3 heteroatoms. The summed E-state index contributed by atoms with van der Waals surface area (Å²) >= 11 is 0. The molecule has 0 aliphatic rings. The van der Waals surface area contributed by atoms with Crippen molar-refractivity contribution in [2.45, 2.75) is 96.8 Å². The molecular weight excluding hydrogens is 262 g/mol. The molecule has 0 aliphatic carbocycles. The van der Waals surface area contributed by atoms with Crippen molar-refractivity contribution in [1.29, 1.82) is 0 Å². The van der Waals surface area contributed by atoms with Crippen molar-refractivity contribution in [2.24, 2.45) is 5.73 Å². The quantitative estimate of drug-likeness (QED) is 0.385. The van der Waals surface area contributed by atoms with Gasteiger partial charge in [0.1, 0.15) is 0 Å². The van der Waals surface area contributed by atoms with E-state index in [4.69, 9.17) is 10.5 Å². The smallest absolute Gasteiger partial charge is 0.217 e. The average Bonchev–Trinajstić information content (AvgIpc) is 2.46. The van der Waals surface area contributed by atoms with Crippen LogP contribution >= 0.6 is 0 Å². The molecule has 0 aliphatic heterocycles. The fourth-order valence-electron chi connectivity index (χ4n) is 2.47. The molecule has 0 spiro atoms. The highest BCUT2D eigenvalue weighted by Crippen LogP contribution is 2.10. The minimum atomic E-state index is -0.164. The number of carbonyl (C=O) groups is 1. The van der Waals surface area contributed by atoms with Gasteiger partial charge in [-0.1, -0.05) is 71.1 Å². The van der Waals surface area contributed by atoms with E-state index in [9.17, 15) is 4.79 Å². The van der Waals surface area contributed by atoms with E-state index < -0.39 is 0 Å². The van der Waals surface area contributed by atoms with Crippen molar-refractivity contribution in [2.75, 3.05) is 13.2 Å². The molecule has 0 bridgehead atoms. The summed E-state index contributed by atoms with van der Waals surface area (Å²) in [4.78, 5) is 10.6. The number of nitrogens with two attached hydrogens (primary N) is 1. The Morgan fingerprint density at radius 2 is 1.14 bits per heavy atom. The first kappa shape index (κ1) is 20.4. The molecule has 0 heterocycles. The predicted octanol–water partition coefficient (Wildman–Crippen LogP) is 4.97. The van der Waals surface area contributed by atoms with Crippen molar-refractivity contribution in [1.82, 2.24) is 0 Å². The molecule has 0 radical (unpaired) electrons. The Labute approximate surface area is 132 Å². The summed E-state index contributed by atoms with van der Waals surface area (Å²) in [5, 5.41) is 0. The molecule has 0 unspecified atom stereocenters. The fourth-order valence-corrected chi connectivity index (χ4v) is 2.47. The zero-order valence-electron chi connectivity index (χ0n) is 14.2. The van der Waals surface area contributed by atoms with Gasteiger partial charge in [0, 0.05) is 19.6 Å². The lowest BCUT2D eigenvalue weighted by Gasteiger charge is -2.04. The van der Waals surface area contributed by atoms with Gasteiger partial charge in [-0.2, -0.15) is 0 Å². The maximum atomic E-state index is 10.6. The van der Waals surface area contributed by atoms with Gasteiger partial charge in [-0.15, -0.1) is 0 Å². The van der Waals surface area contributed by atoms with Crippen LogP contribution in [0.1, 0.15) is 96.8 Å². The highest BCUT2D eigenvalue weighted by Gasteiger charge is 1.96. The molecule has 2 N–H and O–H groups in total. The van der Waals surface area contributed by atoms with E-state index in [1.54, 1.807) is 0 Å². The standard InChI is InChI=1S/C18H37NO2/c1-2-3-4-13-16-21-17-14-11-9-7-5-6-8-10-12-15-18(19)20/h2-17H2,1H3,(H2,19,20). The van der Waals surface area contributed by atoms with E-state index in [0.29, 0.717) is 6.42 Å². The summed E-state index contributed by atoms with van der Waals surface area (Å²) in [5.74, 6) is -0.164. The minimum Gasteiger partial charge on any atom is -0.381 e. The highest BCUT2D eigenvalue weighted by atomic mass is 16.5. The van der Waals surface area contributed by atoms with Crippen molar-refractivity contribution >= 4 is 5.91 Å². The molecule has 0 rings (SSSR count). The van der Waals surface area contributed by atoms with E-state index in [-0.39, 0.29) is 5.91 Å². The van der Waals surface area contributed by atoms with Crippen LogP contribution < -0.4 is 5.73 Å². The Bertz CT molecular complexity index is 219. The molecule has 0 atom stereocenters. The van der Waals surface area contributed by atoms with Gasteiger partial charge in [-0.3, -0.25) is 4.79 Å². The topological polar surface area (TPSA) is 52.3 Å². The molecule has 0 fully saturated rings. The zero-order valence-corrected chi connectivity index (χ0v) is 14.2. The predicted molar refractivity (Wildman–Crippen MR) is 90.3 cm³/mol. The second kappa shape index (κ2) is 17.5. The maximum absolute atomic E-state index is 10.6. The number of ether oxygens (including phenoxy) is 1. The normalized spacial score (nSPS) is 10.9. The van der Waals surface area contributed by atoms with Gasteiger partial charge in [0.05, 0.1) is 0 Å². The van der Waals surface area contributed by atoms with Crippen LogP contribution in [0.3, 0.4) is 0 Å². The Kier molecular flexibility index (Phi) is 17.0. The van der Waals surface area contributed by atoms with E-state index in [1.807, 2.05) is 0 Å². The van der Waals surface area contributed by atoms with Crippen molar-refractivity contribution in [3.05, 3.63) is 0 Å². The average molecular weight is 299 g/mol. The lowest BCUT2D eigenvalue weighted by atomic mass is 10.1. The number of rotatable bonds is 17. The van der Waals surface area contributed by atoms with Gasteiger partial charge < -0.3 is 10.5 Å². The molecule has 0 aromatic carbocycles. The Balaban J connectivity index is 2.95. The summed E-state index contributed by atoms with van der Waals surface area (Å²) in [5.41, 5.74) is 5.10. The summed E-state index contributed by atoms with van der Waals surface area (Å²) in [6, 6.07) is 0. The van der Waals surface area contributed by atoms with Crippen LogP contribution in [-0.4, -0.2) is 19.1 Å². The minimum absolute atomic E-state index is 0.164. The van der Waals surface area contributed by atoms with Crippen LogP contribution in [-0.2, 0) is 9.53 Å². The first-order valence-corrected chi connectivity index (χ1v) is 9.13. The van der Waals surface area contributed by atoms with Crippen LogP contribution in [0.25, 0.3) is 0 Å². The summed E-state index contributed by atoms with van der Waals surface area (Å²) in [6.45, 7) is 4.13. The highest BCUT2D eigenvalue weighted by molar-refractivity contribution is 5.73. The lowest BCUT2D eigenvalue weighted by molar-refractivity contribution is -0.118. The molecule has 21 heavy (non-hydrogen) atoms. The van der Waals surface area contributed by atoms with E-state index in [1.165, 1.54) is 70.6 Å². The monoisotopic (exact) mass is 299 g/mol. The second-order valence-corrected chi connectivity index (χ2v) is 6.07. The van der Waals surface area contributed by atoms with Crippen LogP contribution in [0.5, 0.6) is 0 Å². The summed E-state index contributed by atoms with van der Waals surface area (Å²) in [6.07, 6.45) is 16.9. The Hall–Kier alpha value is -0.570. The number of hydrogen-bond acceptors (Lipinski definition) is 2. The van der Waals surface area contributed by atoms with Crippen LogP contribution in [0.15, 0.2) is 0 Å². The van der Waals surface area contributed by atoms with Gasteiger partial charge in [0.2, 0.25) is 5.91 Å². The van der Waals surface area contributed by atoms with Crippen LogP contribution in [0.2, 0.25) is 0 Å². The lowest BCUT2D eigenvalue weighted by Crippen LogP contribution is -2.09. The molecular formula is C18H37NO2. The molecule has 126 valence electrons. The molecule has 1 amide bonds. The van der Waals surface area contributed by atoms with Gasteiger partial charge in [0.25, 0.3) is 0 Å². The van der Waals surface area contributed by atoms with Crippen molar-refractivity contribution < 1.29 is 9.53 Å². The maximum Gasteiger partial charge on any atom is 0.217 e. The third-order valence-corrected chi connectivity index (χ3v) is 3.85. The van der Waals surface area contributed by atoms with E-state index in [0.717, 1.165) is 26.1 Å². The van der Waals surface area contributed by atoms with Gasteiger partial charge in [-0.05, 0) is 19.3 Å². The Morgan fingerprint density at radius 3 is 1.62 bits per heavy atom. The number of unbranched alkanes of at least 4 members (excludes halogenated alkanes) is 11. The first-order valence-electron chi connectivity index (χ1n) is 9.13. The third-order valence-electron chi connectivity index (χ3n) is 3.85. The number of hydrogen-bond donors (Lipinski definition) is 1. The molecule has 3 nitrogen and oxygen atoms in total. The fraction of sp³-hybridized carbons (Fsp3) is 0.944. The third kappa shape index (κ3) is 19.4. The van der Waals surface area contributed by atoms with E-state index >= 15 is 0 Å². The number of amides is 1.